The highest BCUT2D eigenvalue weighted by Gasteiger charge is 2.41. The van der Waals surface area contributed by atoms with Gasteiger partial charge in [-0.25, -0.2) is 4.98 Å². The third-order valence-corrected chi connectivity index (χ3v) is 15.8. The van der Waals surface area contributed by atoms with Crippen LogP contribution in [0.15, 0.2) is 205 Å². The topological polar surface area (TPSA) is 22.2 Å². The molecule has 0 aliphatic carbocycles. The van der Waals surface area contributed by atoms with Crippen molar-refractivity contribution in [3.63, 3.8) is 0 Å². The number of aromatic nitrogens is 3. The molecule has 0 saturated heterocycles. The van der Waals surface area contributed by atoms with Crippen molar-refractivity contribution in [1.82, 2.24) is 14.0 Å². The summed E-state index contributed by atoms with van der Waals surface area (Å²) < 4.78 is 4.64. The first kappa shape index (κ1) is 30.3. The number of rotatable bonds is 5. The fraction of sp³-hybridized carbons (Fsp3) is 0.0652. The van der Waals surface area contributed by atoms with Gasteiger partial charge < -0.3 is 0 Å². The van der Waals surface area contributed by atoms with E-state index in [0.29, 0.717) is 0 Å². The normalized spacial score (nSPS) is 14.1. The van der Waals surface area contributed by atoms with Gasteiger partial charge in [-0.1, -0.05) is 123 Å². The predicted octanol–water partition coefficient (Wildman–Crippen LogP) is 12.6. The molecule has 3 heterocycles. The summed E-state index contributed by atoms with van der Waals surface area (Å²) in [4.78, 5) is 13.2. The van der Waals surface area contributed by atoms with Crippen LogP contribution < -0.4 is 0 Å². The first-order chi connectivity index (χ1) is 25.1. The summed E-state index contributed by atoms with van der Waals surface area (Å²) in [6.07, 6.45) is 0. The molecule has 0 fully saturated rings. The summed E-state index contributed by atoms with van der Waals surface area (Å²) in [6.45, 7) is 4.77. The fourth-order valence-electron chi connectivity index (χ4n) is 8.14. The lowest BCUT2D eigenvalue weighted by Crippen LogP contribution is -2.24. The molecule has 7 aromatic carbocycles. The largest absolute Gasteiger partial charge is 0.278 e. The van der Waals surface area contributed by atoms with E-state index in [1.165, 1.54) is 40.5 Å². The number of nitrogens with zero attached hydrogens (tertiary/aromatic N) is 3. The van der Waals surface area contributed by atoms with Gasteiger partial charge in [0.15, 0.2) is 0 Å². The molecule has 0 amide bonds. The maximum Gasteiger partial charge on any atom is 0.220 e. The third-order valence-electron chi connectivity index (χ3n) is 10.5. The summed E-state index contributed by atoms with van der Waals surface area (Å²) in [5.74, 6) is 0.917. The molecule has 1 aliphatic heterocycles. The summed E-state index contributed by atoms with van der Waals surface area (Å²) in [5.41, 5.74) is 8.10. The van der Waals surface area contributed by atoms with E-state index in [-0.39, 0.29) is 5.41 Å². The van der Waals surface area contributed by atoms with Gasteiger partial charge in [-0.3, -0.25) is 8.97 Å². The Morgan fingerprint density at radius 2 is 1.12 bits per heavy atom. The van der Waals surface area contributed by atoms with E-state index in [9.17, 15) is 0 Å². The Morgan fingerprint density at radius 1 is 0.529 bits per heavy atom. The molecule has 1 aliphatic rings. The van der Waals surface area contributed by atoms with E-state index >= 15 is 0 Å². The first-order valence-electron chi connectivity index (χ1n) is 17.4. The Morgan fingerprint density at radius 3 is 1.88 bits per heavy atom. The average molecular weight is 694 g/mol. The van der Waals surface area contributed by atoms with Crippen molar-refractivity contribution in [1.29, 1.82) is 0 Å². The smallest absolute Gasteiger partial charge is 0.220 e. The highest BCUT2D eigenvalue weighted by atomic mass is 32.3. The van der Waals surface area contributed by atoms with Gasteiger partial charge in [0.1, 0.15) is 0 Å². The van der Waals surface area contributed by atoms with Gasteiger partial charge in [-0.05, 0) is 90.0 Å². The molecule has 3 nitrogen and oxygen atoms in total. The molecular formula is C46H35N3S2. The summed E-state index contributed by atoms with van der Waals surface area (Å²) in [7, 11) is -2.01. The van der Waals surface area contributed by atoms with Crippen molar-refractivity contribution < 1.29 is 0 Å². The van der Waals surface area contributed by atoms with Crippen LogP contribution in [0.4, 0.5) is 0 Å². The Hall–Kier alpha value is -5.49. The second-order valence-electron chi connectivity index (χ2n) is 13.7. The Balaban J connectivity index is 1.31. The summed E-state index contributed by atoms with van der Waals surface area (Å²) >= 11 is 1.93. The van der Waals surface area contributed by atoms with E-state index in [1.54, 1.807) is 0 Å². The van der Waals surface area contributed by atoms with Gasteiger partial charge in [-0.2, -0.15) is 0 Å². The minimum Gasteiger partial charge on any atom is -0.278 e. The van der Waals surface area contributed by atoms with Gasteiger partial charge in [0.05, 0.1) is 27.8 Å². The molecule has 0 N–H and O–H groups in total. The van der Waals surface area contributed by atoms with E-state index in [1.807, 2.05) is 11.8 Å². The minimum atomic E-state index is -2.01. The summed E-state index contributed by atoms with van der Waals surface area (Å²) in [5, 5.41) is 0. The molecule has 0 unspecified atom stereocenters. The maximum atomic E-state index is 5.22. The molecule has 0 saturated carbocycles. The van der Waals surface area contributed by atoms with Gasteiger partial charge in [-0.15, -0.1) is 10.0 Å². The number of hydrogen-bond donors (Lipinski definition) is 0. The Labute approximate surface area is 303 Å². The molecule has 5 heteroatoms. The predicted molar refractivity (Wildman–Crippen MR) is 212 cm³/mol. The first-order valence-corrected chi connectivity index (χ1v) is 19.8. The maximum absolute atomic E-state index is 5.22. The fourth-order valence-corrected chi connectivity index (χ4v) is 14.0. The molecule has 10 rings (SSSR count). The molecule has 0 atom stereocenters. The molecular weight excluding hydrogens is 659 g/mol. The van der Waals surface area contributed by atoms with Gasteiger partial charge in [0, 0.05) is 34.8 Å². The van der Waals surface area contributed by atoms with Crippen LogP contribution in [0.5, 0.6) is 0 Å². The quantitative estimate of drug-likeness (QED) is 0.179. The number of para-hydroxylation sites is 4. The van der Waals surface area contributed by atoms with Crippen LogP contribution in [0.2, 0.25) is 0 Å². The van der Waals surface area contributed by atoms with Crippen molar-refractivity contribution in [3.05, 3.63) is 187 Å². The zero-order valence-corrected chi connectivity index (χ0v) is 30.0. The molecule has 0 radical (unpaired) electrons. The summed E-state index contributed by atoms with van der Waals surface area (Å²) in [6, 6.07) is 64.8. The zero-order valence-electron chi connectivity index (χ0n) is 28.4. The lowest BCUT2D eigenvalue weighted by atomic mass is 9.78. The van der Waals surface area contributed by atoms with E-state index in [4.69, 9.17) is 4.98 Å². The van der Waals surface area contributed by atoms with Crippen molar-refractivity contribution in [2.24, 2.45) is 0 Å². The number of hydrogen-bond acceptors (Lipinski definition) is 2. The molecule has 246 valence electrons. The van der Waals surface area contributed by atoms with Crippen LogP contribution in [0, 0.1) is 0 Å². The number of fused-ring (bicyclic) bond motifs is 7. The van der Waals surface area contributed by atoms with Crippen LogP contribution in [-0.4, -0.2) is 14.0 Å². The second-order valence-corrected chi connectivity index (χ2v) is 17.8. The van der Waals surface area contributed by atoms with Crippen molar-refractivity contribution in [3.8, 4) is 5.69 Å². The molecule has 0 spiro atoms. The minimum absolute atomic E-state index is 0.147. The Kier molecular flexibility index (Phi) is 6.86. The van der Waals surface area contributed by atoms with Crippen LogP contribution in [0.3, 0.4) is 0 Å². The van der Waals surface area contributed by atoms with Crippen molar-refractivity contribution in [2.75, 3.05) is 0 Å². The number of imidazole rings is 2. The van der Waals surface area contributed by atoms with Crippen LogP contribution in [0.25, 0.3) is 33.5 Å². The van der Waals surface area contributed by atoms with E-state index < -0.39 is 10.0 Å². The SMILES string of the molecule is CC1(C)c2ccccc2Sc2c1cccc2S(c1ccccc1)(c1ccccc1)c1cccc(-n2c3ccccc3n3c4ccccc4nc23)c1. The lowest BCUT2D eigenvalue weighted by molar-refractivity contribution is 0.602. The van der Waals surface area contributed by atoms with Crippen LogP contribution >= 0.6 is 21.8 Å². The van der Waals surface area contributed by atoms with Crippen LogP contribution in [0.1, 0.15) is 25.0 Å². The zero-order chi connectivity index (χ0) is 34.2. The lowest BCUT2D eigenvalue weighted by Gasteiger charge is -2.45. The van der Waals surface area contributed by atoms with Gasteiger partial charge in [0.2, 0.25) is 5.78 Å². The van der Waals surface area contributed by atoms with E-state index in [2.05, 4.69) is 199 Å². The van der Waals surface area contributed by atoms with E-state index in [0.717, 1.165) is 33.5 Å². The van der Waals surface area contributed by atoms with Crippen LogP contribution in [-0.2, 0) is 5.41 Å². The van der Waals surface area contributed by atoms with Crippen molar-refractivity contribution in [2.45, 2.75) is 48.6 Å². The van der Waals surface area contributed by atoms with Crippen molar-refractivity contribution >= 4 is 49.6 Å². The van der Waals surface area contributed by atoms with Gasteiger partial charge >= 0.3 is 0 Å². The average Bonchev–Trinajstić information content (AvgIpc) is 3.71. The molecule has 0 bridgehead atoms. The third kappa shape index (κ3) is 4.38. The standard InChI is InChI=1S/C46H35N3S2/c1-46(2)36-23-9-14-29-42(36)50-44-37(46)24-16-30-43(44)51(33-18-5-3-6-19-33,34-20-7-4-8-21-34)35-22-15-17-32(31-35)48-40-27-12-13-28-41(40)49-39-26-11-10-25-38(39)47-45(48)49/h3-31H,1-2H3. The highest BCUT2D eigenvalue weighted by Crippen LogP contribution is 2.76. The molecule has 9 aromatic rings. The number of benzene rings is 7. The molecule has 2 aromatic heterocycles. The van der Waals surface area contributed by atoms with Gasteiger partial charge in [0.25, 0.3) is 0 Å². The second kappa shape index (κ2) is 11.5. The monoisotopic (exact) mass is 693 g/mol. The highest BCUT2D eigenvalue weighted by molar-refractivity contribution is 8.34. The molecule has 51 heavy (non-hydrogen) atoms. The Bertz CT molecular complexity index is 2720.